The number of nitrogen functional groups attached to an aromatic ring is 1. The van der Waals surface area contributed by atoms with E-state index < -0.39 is 0 Å². The normalized spacial score (nSPS) is 15.5. The summed E-state index contributed by atoms with van der Waals surface area (Å²) >= 11 is 1.19. The Morgan fingerprint density at radius 2 is 2.00 bits per heavy atom. The summed E-state index contributed by atoms with van der Waals surface area (Å²) in [6.07, 6.45) is 3.69. The van der Waals surface area contributed by atoms with Gasteiger partial charge in [-0.2, -0.15) is 5.10 Å². The second-order valence-electron chi connectivity index (χ2n) is 7.60. The molecule has 2 N–H and O–H groups in total. The van der Waals surface area contributed by atoms with Crippen LogP contribution in [0.2, 0.25) is 0 Å². The second-order valence-corrected chi connectivity index (χ2v) is 8.55. The minimum Gasteiger partial charge on any atom is -0.497 e. The average molecular weight is 479 g/mol. The van der Waals surface area contributed by atoms with Crippen LogP contribution in [-0.2, 0) is 4.79 Å². The van der Waals surface area contributed by atoms with Gasteiger partial charge in [-0.1, -0.05) is 11.8 Å². The van der Waals surface area contributed by atoms with Gasteiger partial charge in [0, 0.05) is 6.42 Å². The van der Waals surface area contributed by atoms with E-state index in [1.165, 1.54) is 21.4 Å². The van der Waals surface area contributed by atoms with Gasteiger partial charge >= 0.3 is 0 Å². The monoisotopic (exact) mass is 478 g/mol. The van der Waals surface area contributed by atoms with E-state index in [2.05, 4.69) is 15.3 Å². The highest BCUT2D eigenvalue weighted by Crippen LogP contribution is 2.34. The number of hydrazone groups is 1. The van der Waals surface area contributed by atoms with E-state index in [9.17, 15) is 4.79 Å². The van der Waals surface area contributed by atoms with E-state index in [1.807, 2.05) is 37.3 Å². The number of carbonyl (C=O) groups is 1. The molecule has 1 amide bonds. The lowest BCUT2D eigenvalue weighted by atomic mass is 10.0. The van der Waals surface area contributed by atoms with Crippen molar-refractivity contribution in [2.24, 2.45) is 5.10 Å². The fourth-order valence-corrected chi connectivity index (χ4v) is 4.48. The molecule has 3 aromatic heterocycles. The molecule has 1 atom stereocenters. The standard InChI is InChI=1S/C23H22N6O4S/c1-14-17(9-11-32-14)22-25-26-23(28(22)24)34-13-21(30)29-19(20-4-3-10-33-20)12-18(27-29)15-5-7-16(31-2)8-6-15/h3-11,19H,12-13,24H2,1-2H3. The van der Waals surface area contributed by atoms with Crippen LogP contribution >= 0.6 is 11.8 Å². The molecular weight excluding hydrogens is 456 g/mol. The van der Waals surface area contributed by atoms with Crippen molar-refractivity contribution in [3.05, 3.63) is 72.1 Å². The van der Waals surface area contributed by atoms with Gasteiger partial charge in [-0.25, -0.2) is 9.69 Å². The minimum absolute atomic E-state index is 0.0797. The first-order valence-electron chi connectivity index (χ1n) is 10.5. The van der Waals surface area contributed by atoms with Crippen LogP contribution in [0.5, 0.6) is 5.75 Å². The highest BCUT2D eigenvalue weighted by atomic mass is 32.2. The van der Waals surface area contributed by atoms with Crippen LogP contribution < -0.4 is 10.6 Å². The van der Waals surface area contributed by atoms with Gasteiger partial charge in [-0.3, -0.25) is 4.79 Å². The quantitative estimate of drug-likeness (QED) is 0.315. The number of amides is 1. The van der Waals surface area contributed by atoms with Crippen molar-refractivity contribution >= 4 is 23.4 Å². The first kappa shape index (κ1) is 21.8. The fraction of sp³-hybridized carbons (Fsp3) is 0.217. The van der Waals surface area contributed by atoms with Crippen LogP contribution in [0.1, 0.15) is 29.5 Å². The van der Waals surface area contributed by atoms with E-state index >= 15 is 0 Å². The van der Waals surface area contributed by atoms with E-state index in [0.29, 0.717) is 28.9 Å². The number of thioether (sulfide) groups is 1. The number of methoxy groups -OCH3 is 1. The van der Waals surface area contributed by atoms with Gasteiger partial charge in [-0.05, 0) is 55.0 Å². The summed E-state index contributed by atoms with van der Waals surface area (Å²) in [6, 6.07) is 12.7. The molecule has 0 radical (unpaired) electrons. The maximum atomic E-state index is 13.2. The molecule has 4 heterocycles. The summed E-state index contributed by atoms with van der Waals surface area (Å²) in [6.45, 7) is 1.82. The van der Waals surface area contributed by atoms with Crippen molar-refractivity contribution in [1.29, 1.82) is 0 Å². The van der Waals surface area contributed by atoms with Crippen molar-refractivity contribution in [1.82, 2.24) is 19.9 Å². The Morgan fingerprint density at radius 1 is 1.18 bits per heavy atom. The van der Waals surface area contributed by atoms with Crippen LogP contribution in [-0.4, -0.2) is 44.4 Å². The van der Waals surface area contributed by atoms with Crippen molar-refractivity contribution in [2.75, 3.05) is 18.7 Å². The summed E-state index contributed by atoms with van der Waals surface area (Å²) in [7, 11) is 1.62. The van der Waals surface area contributed by atoms with E-state index in [0.717, 1.165) is 22.6 Å². The number of ether oxygens (including phenoxy) is 1. The van der Waals surface area contributed by atoms with Gasteiger partial charge in [0.1, 0.15) is 23.3 Å². The third-order valence-corrected chi connectivity index (χ3v) is 6.48. The topological polar surface area (TPSA) is 125 Å². The molecule has 10 nitrogen and oxygen atoms in total. The Balaban J connectivity index is 1.35. The number of benzene rings is 1. The summed E-state index contributed by atoms with van der Waals surface area (Å²) in [5.74, 6) is 8.65. The zero-order valence-corrected chi connectivity index (χ0v) is 19.4. The summed E-state index contributed by atoms with van der Waals surface area (Å²) in [5.41, 5.74) is 2.46. The third kappa shape index (κ3) is 4.05. The number of rotatable bonds is 7. The molecule has 0 spiro atoms. The van der Waals surface area contributed by atoms with Crippen molar-refractivity contribution in [2.45, 2.75) is 24.5 Å². The van der Waals surface area contributed by atoms with Gasteiger partial charge in [0.2, 0.25) is 5.16 Å². The number of hydrogen-bond donors (Lipinski definition) is 1. The lowest BCUT2D eigenvalue weighted by Gasteiger charge is -2.19. The van der Waals surface area contributed by atoms with Crippen LogP contribution in [0, 0.1) is 6.92 Å². The van der Waals surface area contributed by atoms with Crippen molar-refractivity contribution < 1.29 is 18.4 Å². The molecule has 1 aliphatic heterocycles. The van der Waals surface area contributed by atoms with Crippen LogP contribution in [0.15, 0.2) is 74.1 Å². The molecule has 0 fully saturated rings. The van der Waals surface area contributed by atoms with E-state index in [-0.39, 0.29) is 17.7 Å². The molecule has 11 heteroatoms. The third-order valence-electron chi connectivity index (χ3n) is 5.55. The summed E-state index contributed by atoms with van der Waals surface area (Å²) in [4.78, 5) is 13.2. The van der Waals surface area contributed by atoms with Gasteiger partial charge in [0.05, 0.1) is 36.7 Å². The molecule has 0 bridgehead atoms. The van der Waals surface area contributed by atoms with Gasteiger partial charge in [0.25, 0.3) is 5.91 Å². The fourth-order valence-electron chi connectivity index (χ4n) is 3.77. The maximum absolute atomic E-state index is 13.2. The number of carbonyl (C=O) groups excluding carboxylic acids is 1. The van der Waals surface area contributed by atoms with Crippen LogP contribution in [0.3, 0.4) is 0 Å². The van der Waals surface area contributed by atoms with E-state index in [1.54, 1.807) is 31.8 Å². The van der Waals surface area contributed by atoms with E-state index in [4.69, 9.17) is 19.4 Å². The largest absolute Gasteiger partial charge is 0.497 e. The van der Waals surface area contributed by atoms with Crippen molar-refractivity contribution in [3.8, 4) is 17.1 Å². The lowest BCUT2D eigenvalue weighted by molar-refractivity contribution is -0.130. The van der Waals surface area contributed by atoms with Gasteiger partial charge in [-0.15, -0.1) is 10.2 Å². The molecular formula is C23H22N6O4S. The van der Waals surface area contributed by atoms with Crippen LogP contribution in [0.25, 0.3) is 11.4 Å². The Morgan fingerprint density at radius 3 is 2.68 bits per heavy atom. The molecule has 1 aliphatic rings. The average Bonchev–Trinajstić information content (AvgIpc) is 3.65. The molecule has 0 saturated heterocycles. The number of nitrogens with two attached hydrogens (primary N) is 1. The first-order chi connectivity index (χ1) is 16.5. The number of aromatic nitrogens is 3. The zero-order chi connectivity index (χ0) is 23.7. The number of nitrogens with zero attached hydrogens (tertiary/aromatic N) is 5. The SMILES string of the molecule is COc1ccc(C2=NN(C(=O)CSc3nnc(-c4ccoc4C)n3N)C(c3ccco3)C2)cc1. The molecule has 174 valence electrons. The van der Waals surface area contributed by atoms with Gasteiger partial charge < -0.3 is 19.4 Å². The Bertz CT molecular complexity index is 1330. The first-order valence-corrected chi connectivity index (χ1v) is 11.5. The highest BCUT2D eigenvalue weighted by Gasteiger charge is 2.35. The predicted octanol–water partition coefficient (Wildman–Crippen LogP) is 3.63. The lowest BCUT2D eigenvalue weighted by Crippen LogP contribution is -2.28. The smallest absolute Gasteiger partial charge is 0.253 e. The Labute approximate surface area is 199 Å². The number of hydrogen-bond acceptors (Lipinski definition) is 9. The Hall–Kier alpha value is -3.99. The van der Waals surface area contributed by atoms with Crippen LogP contribution in [0.4, 0.5) is 0 Å². The maximum Gasteiger partial charge on any atom is 0.253 e. The summed E-state index contributed by atoms with van der Waals surface area (Å²) in [5, 5.41) is 14.8. The predicted molar refractivity (Wildman–Crippen MR) is 126 cm³/mol. The van der Waals surface area contributed by atoms with Gasteiger partial charge in [0.15, 0.2) is 5.82 Å². The number of aryl methyl sites for hydroxylation is 1. The highest BCUT2D eigenvalue weighted by molar-refractivity contribution is 7.99. The second kappa shape index (κ2) is 9.10. The minimum atomic E-state index is -0.333. The van der Waals surface area contributed by atoms with Crippen molar-refractivity contribution in [3.63, 3.8) is 0 Å². The molecule has 1 aromatic carbocycles. The molecule has 1 unspecified atom stereocenters. The Kier molecular flexibility index (Phi) is 5.84. The molecule has 5 rings (SSSR count). The molecule has 34 heavy (non-hydrogen) atoms. The number of furan rings is 2. The zero-order valence-electron chi connectivity index (χ0n) is 18.5. The molecule has 4 aromatic rings. The molecule has 0 saturated carbocycles. The molecule has 0 aliphatic carbocycles. The summed E-state index contributed by atoms with van der Waals surface area (Å²) < 4.78 is 17.5.